The number of carbonyl (C=O) groups is 2. The maximum Gasteiger partial charge on any atom is 0.227 e. The average Bonchev–Trinajstić information content (AvgIpc) is 2.80. The normalized spacial score (nSPS) is 21.3. The molecule has 0 aromatic heterocycles. The number of hydrogen-bond donors (Lipinski definition) is 3. The van der Waals surface area contributed by atoms with Gasteiger partial charge >= 0.3 is 0 Å². The molecular weight excluding hydrogens is 388 g/mol. The van der Waals surface area contributed by atoms with Crippen LogP contribution in [0.25, 0.3) is 0 Å². The van der Waals surface area contributed by atoms with E-state index in [1.54, 1.807) is 0 Å². The Morgan fingerprint density at radius 1 is 1.03 bits per heavy atom. The third-order valence-electron chi connectivity index (χ3n) is 6.36. The summed E-state index contributed by atoms with van der Waals surface area (Å²) in [5.41, 5.74) is 3.97. The molecule has 2 aliphatic heterocycles. The van der Waals surface area contributed by atoms with Crippen molar-refractivity contribution in [3.05, 3.63) is 54.1 Å². The van der Waals surface area contributed by atoms with E-state index in [0.717, 1.165) is 55.0 Å². The first kappa shape index (κ1) is 21.4. The van der Waals surface area contributed by atoms with Crippen molar-refractivity contribution in [1.82, 2.24) is 5.32 Å². The molecule has 2 amide bonds. The molecule has 31 heavy (non-hydrogen) atoms. The van der Waals surface area contributed by atoms with Crippen LogP contribution in [-0.2, 0) is 9.59 Å². The molecule has 2 atom stereocenters. The Morgan fingerprint density at radius 2 is 1.71 bits per heavy atom. The van der Waals surface area contributed by atoms with Crippen LogP contribution < -0.4 is 20.9 Å². The smallest absolute Gasteiger partial charge is 0.227 e. The number of para-hydroxylation sites is 1. The molecule has 2 aromatic carbocycles. The molecule has 2 aromatic rings. The summed E-state index contributed by atoms with van der Waals surface area (Å²) < 4.78 is 0. The first-order chi connectivity index (χ1) is 15.1. The van der Waals surface area contributed by atoms with Crippen LogP contribution in [0, 0.1) is 5.92 Å². The number of hydrogen-bond acceptors (Lipinski definition) is 4. The highest BCUT2D eigenvalue weighted by Gasteiger charge is 2.32. The lowest BCUT2D eigenvalue weighted by Crippen LogP contribution is -2.44. The van der Waals surface area contributed by atoms with E-state index in [9.17, 15) is 9.59 Å². The number of carbonyl (C=O) groups excluding carboxylic acids is 2. The minimum absolute atomic E-state index is 0.0908. The maximum absolute atomic E-state index is 12.5. The molecule has 1 saturated heterocycles. The lowest BCUT2D eigenvalue weighted by molar-refractivity contribution is -0.120. The maximum atomic E-state index is 12.5. The standard InChI is InChI=1S/C25H32N4O2/c1-3-24(30)29-17(2)16-22(21-6-4-5-7-23(21)29)27-19-8-10-20(11-9-19)28-25(31)18-12-14-26-15-13-18/h4-11,17-18,22,26-27H,3,12-16H2,1-2H3,(H,28,31)/t17-,22+/m0/s1. The number of rotatable bonds is 5. The predicted octanol–water partition coefficient (Wildman–Crippen LogP) is 4.31. The van der Waals surface area contributed by atoms with Crippen LogP contribution in [0.3, 0.4) is 0 Å². The van der Waals surface area contributed by atoms with Crippen molar-refractivity contribution >= 4 is 28.9 Å². The van der Waals surface area contributed by atoms with Gasteiger partial charge in [0.1, 0.15) is 0 Å². The molecule has 164 valence electrons. The summed E-state index contributed by atoms with van der Waals surface area (Å²) >= 11 is 0. The van der Waals surface area contributed by atoms with Gasteiger partial charge in [-0.25, -0.2) is 0 Å². The van der Waals surface area contributed by atoms with Crippen LogP contribution in [0.4, 0.5) is 17.1 Å². The summed E-state index contributed by atoms with van der Waals surface area (Å²) in [7, 11) is 0. The molecule has 2 aliphatic rings. The fourth-order valence-corrected chi connectivity index (χ4v) is 4.68. The highest BCUT2D eigenvalue weighted by Crippen LogP contribution is 2.39. The highest BCUT2D eigenvalue weighted by atomic mass is 16.2. The van der Waals surface area contributed by atoms with E-state index in [1.165, 1.54) is 0 Å². The molecular formula is C25H32N4O2. The second kappa shape index (κ2) is 9.52. The number of benzene rings is 2. The minimum atomic E-state index is 0.0908. The van der Waals surface area contributed by atoms with Gasteiger partial charge in [0.05, 0.1) is 6.04 Å². The molecule has 1 fully saturated rings. The Balaban J connectivity index is 1.45. The Morgan fingerprint density at radius 3 is 2.42 bits per heavy atom. The van der Waals surface area contributed by atoms with Crippen LogP contribution >= 0.6 is 0 Å². The zero-order valence-corrected chi connectivity index (χ0v) is 18.4. The Bertz CT molecular complexity index is 921. The van der Waals surface area contributed by atoms with E-state index in [-0.39, 0.29) is 29.8 Å². The Kier molecular flexibility index (Phi) is 6.56. The molecule has 0 unspecified atom stereocenters. The lowest BCUT2D eigenvalue weighted by atomic mass is 9.91. The van der Waals surface area contributed by atoms with Gasteiger partial charge in [0, 0.05) is 35.4 Å². The topological polar surface area (TPSA) is 73.5 Å². The number of amides is 2. The van der Waals surface area contributed by atoms with Gasteiger partial charge in [0.15, 0.2) is 0 Å². The summed E-state index contributed by atoms with van der Waals surface area (Å²) in [6.45, 7) is 5.83. The molecule has 0 aliphatic carbocycles. The van der Waals surface area contributed by atoms with Crippen LogP contribution in [0.15, 0.2) is 48.5 Å². The summed E-state index contributed by atoms with van der Waals surface area (Å²) in [4.78, 5) is 26.9. The van der Waals surface area contributed by atoms with Gasteiger partial charge in [0.25, 0.3) is 0 Å². The van der Waals surface area contributed by atoms with E-state index in [4.69, 9.17) is 0 Å². The molecule has 0 spiro atoms. The number of piperidine rings is 1. The fraction of sp³-hybridized carbons (Fsp3) is 0.440. The van der Waals surface area contributed by atoms with Crippen molar-refractivity contribution in [1.29, 1.82) is 0 Å². The highest BCUT2D eigenvalue weighted by molar-refractivity contribution is 5.95. The molecule has 6 heteroatoms. The van der Waals surface area contributed by atoms with Gasteiger partial charge in [-0.05, 0) is 75.2 Å². The fourth-order valence-electron chi connectivity index (χ4n) is 4.68. The second-order valence-electron chi connectivity index (χ2n) is 8.55. The third-order valence-corrected chi connectivity index (χ3v) is 6.36. The van der Waals surface area contributed by atoms with E-state index in [0.29, 0.717) is 6.42 Å². The molecule has 4 rings (SSSR count). The summed E-state index contributed by atoms with van der Waals surface area (Å²) in [5, 5.41) is 9.97. The van der Waals surface area contributed by atoms with Gasteiger partial charge in [-0.2, -0.15) is 0 Å². The second-order valence-corrected chi connectivity index (χ2v) is 8.55. The third kappa shape index (κ3) is 4.74. The summed E-state index contributed by atoms with van der Waals surface area (Å²) in [6, 6.07) is 16.3. The first-order valence-corrected chi connectivity index (χ1v) is 11.4. The van der Waals surface area contributed by atoms with Crippen LogP contribution in [0.1, 0.15) is 51.1 Å². The summed E-state index contributed by atoms with van der Waals surface area (Å²) in [5.74, 6) is 0.359. The average molecular weight is 421 g/mol. The summed E-state index contributed by atoms with van der Waals surface area (Å²) in [6.07, 6.45) is 3.13. The number of anilines is 3. The van der Waals surface area contributed by atoms with Gasteiger partial charge in [-0.1, -0.05) is 25.1 Å². The lowest BCUT2D eigenvalue weighted by Gasteiger charge is -2.40. The van der Waals surface area contributed by atoms with Crippen molar-refractivity contribution < 1.29 is 9.59 Å². The number of fused-ring (bicyclic) bond motifs is 1. The SMILES string of the molecule is CCC(=O)N1c2ccccc2[C@H](Nc2ccc(NC(=O)C3CCNCC3)cc2)C[C@@H]1C. The number of nitrogens with zero attached hydrogens (tertiary/aromatic N) is 1. The molecule has 2 heterocycles. The van der Waals surface area contributed by atoms with Crippen molar-refractivity contribution in [2.24, 2.45) is 5.92 Å². The Hall–Kier alpha value is -2.86. The molecule has 6 nitrogen and oxygen atoms in total. The quantitative estimate of drug-likeness (QED) is 0.674. The van der Waals surface area contributed by atoms with Gasteiger partial charge in [-0.3, -0.25) is 9.59 Å². The van der Waals surface area contributed by atoms with Crippen LogP contribution in [0.2, 0.25) is 0 Å². The van der Waals surface area contributed by atoms with E-state index < -0.39 is 0 Å². The molecule has 0 bridgehead atoms. The van der Waals surface area contributed by atoms with Gasteiger partial charge < -0.3 is 20.9 Å². The van der Waals surface area contributed by atoms with Crippen LogP contribution in [0.5, 0.6) is 0 Å². The van der Waals surface area contributed by atoms with Crippen LogP contribution in [-0.4, -0.2) is 30.9 Å². The van der Waals surface area contributed by atoms with E-state index in [1.807, 2.05) is 54.3 Å². The zero-order chi connectivity index (χ0) is 21.8. The largest absolute Gasteiger partial charge is 0.378 e. The van der Waals surface area contributed by atoms with Crippen molar-refractivity contribution in [2.75, 3.05) is 28.6 Å². The molecule has 0 radical (unpaired) electrons. The van der Waals surface area contributed by atoms with Crippen molar-refractivity contribution in [3.63, 3.8) is 0 Å². The first-order valence-electron chi connectivity index (χ1n) is 11.4. The number of nitrogens with one attached hydrogen (secondary N) is 3. The van der Waals surface area contributed by atoms with Gasteiger partial charge in [0.2, 0.25) is 11.8 Å². The van der Waals surface area contributed by atoms with E-state index in [2.05, 4.69) is 28.9 Å². The monoisotopic (exact) mass is 420 g/mol. The van der Waals surface area contributed by atoms with Gasteiger partial charge in [-0.15, -0.1) is 0 Å². The molecule has 0 saturated carbocycles. The molecule has 3 N–H and O–H groups in total. The van der Waals surface area contributed by atoms with Crippen molar-refractivity contribution in [2.45, 2.75) is 51.6 Å². The van der Waals surface area contributed by atoms with E-state index >= 15 is 0 Å². The minimum Gasteiger partial charge on any atom is -0.378 e. The predicted molar refractivity (Wildman–Crippen MR) is 125 cm³/mol. The van der Waals surface area contributed by atoms with Crippen molar-refractivity contribution in [3.8, 4) is 0 Å². The Labute approximate surface area is 184 Å². The zero-order valence-electron chi connectivity index (χ0n) is 18.4.